The van der Waals surface area contributed by atoms with Crippen LogP contribution in [0.2, 0.25) is 0 Å². The lowest BCUT2D eigenvalue weighted by Crippen LogP contribution is -2.24. The fourth-order valence-electron chi connectivity index (χ4n) is 3.08. The number of esters is 1. The third-order valence-electron chi connectivity index (χ3n) is 4.36. The van der Waals surface area contributed by atoms with E-state index in [1.54, 1.807) is 12.1 Å². The zero-order valence-electron chi connectivity index (χ0n) is 14.1. The summed E-state index contributed by atoms with van der Waals surface area (Å²) in [4.78, 5) is 26.1. The zero-order valence-corrected chi connectivity index (χ0v) is 14.1. The predicted molar refractivity (Wildman–Crippen MR) is 91.8 cm³/mol. The van der Waals surface area contributed by atoms with Gasteiger partial charge in [0.05, 0.1) is 43.0 Å². The summed E-state index contributed by atoms with van der Waals surface area (Å²) in [6.45, 7) is 0.234. The van der Waals surface area contributed by atoms with Crippen molar-refractivity contribution in [3.8, 4) is 5.69 Å². The molecule has 0 bridgehead atoms. The summed E-state index contributed by atoms with van der Waals surface area (Å²) in [6, 6.07) is 8.56. The summed E-state index contributed by atoms with van der Waals surface area (Å²) < 4.78 is 33.0. The number of carbonyl (C=O) groups is 2. The first kappa shape index (κ1) is 16.9. The van der Waals surface area contributed by atoms with E-state index in [1.165, 1.54) is 41.0 Å². The van der Waals surface area contributed by atoms with Crippen molar-refractivity contribution in [1.82, 2.24) is 9.78 Å². The molecule has 0 spiro atoms. The van der Waals surface area contributed by atoms with Crippen molar-refractivity contribution in [2.75, 3.05) is 12.0 Å². The summed E-state index contributed by atoms with van der Waals surface area (Å²) in [7, 11) is 1.26. The number of ether oxygens (including phenoxy) is 1. The Balaban J connectivity index is 1.77. The van der Waals surface area contributed by atoms with E-state index < -0.39 is 17.6 Å². The number of hydrogen-bond donors (Lipinski definition) is 0. The Kier molecular flexibility index (Phi) is 3.95. The molecule has 1 amide bonds. The lowest BCUT2D eigenvalue weighted by atomic mass is 10.1. The smallest absolute Gasteiger partial charge is 0.337 e. The standard InChI is InChI=1S/C19H13F2N3O3/c1-27-19(26)11-2-3-12-9-23(18(25)15(12)6-11)16-5-4-13(20)7-17(16)24-10-14(21)8-22-24/h2-8,10H,9H2,1H3. The number of methoxy groups -OCH3 is 1. The molecule has 2 heterocycles. The molecule has 3 aromatic rings. The van der Waals surface area contributed by atoms with Crippen molar-refractivity contribution in [2.24, 2.45) is 0 Å². The third-order valence-corrected chi connectivity index (χ3v) is 4.36. The van der Waals surface area contributed by atoms with Gasteiger partial charge < -0.3 is 9.64 Å². The topological polar surface area (TPSA) is 64.4 Å². The van der Waals surface area contributed by atoms with Crippen LogP contribution < -0.4 is 4.90 Å². The monoisotopic (exact) mass is 369 g/mol. The lowest BCUT2D eigenvalue weighted by molar-refractivity contribution is 0.0600. The van der Waals surface area contributed by atoms with Crippen molar-refractivity contribution in [3.05, 3.63) is 77.1 Å². The van der Waals surface area contributed by atoms with Gasteiger partial charge >= 0.3 is 5.97 Å². The first-order valence-corrected chi connectivity index (χ1v) is 8.01. The van der Waals surface area contributed by atoms with E-state index in [9.17, 15) is 18.4 Å². The highest BCUT2D eigenvalue weighted by molar-refractivity contribution is 6.11. The Bertz CT molecular complexity index is 1080. The van der Waals surface area contributed by atoms with Gasteiger partial charge in [-0.15, -0.1) is 0 Å². The molecule has 0 radical (unpaired) electrons. The number of hydrogen-bond acceptors (Lipinski definition) is 4. The average Bonchev–Trinajstić information content (AvgIpc) is 3.24. The largest absolute Gasteiger partial charge is 0.465 e. The first-order valence-electron chi connectivity index (χ1n) is 8.01. The van der Waals surface area contributed by atoms with Crippen LogP contribution in [0.1, 0.15) is 26.3 Å². The van der Waals surface area contributed by atoms with E-state index in [1.807, 2.05) is 0 Å². The third kappa shape index (κ3) is 2.84. The van der Waals surface area contributed by atoms with Crippen LogP contribution in [0.15, 0.2) is 48.8 Å². The Labute approximate surface area is 152 Å². The van der Waals surface area contributed by atoms with E-state index >= 15 is 0 Å². The molecule has 0 unspecified atom stereocenters. The molecule has 0 fully saturated rings. The van der Waals surface area contributed by atoms with Gasteiger partial charge in [0.15, 0.2) is 5.82 Å². The van der Waals surface area contributed by atoms with Crippen molar-refractivity contribution in [1.29, 1.82) is 0 Å². The van der Waals surface area contributed by atoms with Gasteiger partial charge in [0.25, 0.3) is 5.91 Å². The molecule has 0 atom stereocenters. The van der Waals surface area contributed by atoms with E-state index in [0.717, 1.165) is 18.0 Å². The van der Waals surface area contributed by atoms with Crippen LogP contribution in [0.3, 0.4) is 0 Å². The SMILES string of the molecule is COC(=O)c1ccc2c(c1)C(=O)N(c1ccc(F)cc1-n1cc(F)cn1)C2. The number of aromatic nitrogens is 2. The molecule has 1 aliphatic rings. The Morgan fingerprint density at radius 2 is 1.93 bits per heavy atom. The highest BCUT2D eigenvalue weighted by Gasteiger charge is 2.31. The van der Waals surface area contributed by atoms with Gasteiger partial charge in [-0.1, -0.05) is 6.07 Å². The van der Waals surface area contributed by atoms with Crippen LogP contribution in [0.4, 0.5) is 14.5 Å². The highest BCUT2D eigenvalue weighted by Crippen LogP contribution is 2.33. The number of benzene rings is 2. The number of halogens is 2. The molecule has 1 aliphatic heterocycles. The Hall–Kier alpha value is -3.55. The summed E-state index contributed by atoms with van der Waals surface area (Å²) in [6.07, 6.45) is 2.10. The molecule has 0 saturated heterocycles. The minimum atomic E-state index is -0.580. The van der Waals surface area contributed by atoms with Crippen LogP contribution >= 0.6 is 0 Å². The second kappa shape index (κ2) is 6.31. The number of amides is 1. The molecule has 0 saturated carbocycles. The maximum Gasteiger partial charge on any atom is 0.337 e. The maximum absolute atomic E-state index is 13.8. The van der Waals surface area contributed by atoms with Crippen molar-refractivity contribution in [2.45, 2.75) is 6.54 Å². The van der Waals surface area contributed by atoms with Crippen LogP contribution in [-0.2, 0) is 11.3 Å². The summed E-state index contributed by atoms with van der Waals surface area (Å²) in [5, 5.41) is 3.86. The molecule has 0 N–H and O–H groups in total. The zero-order chi connectivity index (χ0) is 19.1. The lowest BCUT2D eigenvalue weighted by Gasteiger charge is -2.19. The summed E-state index contributed by atoms with van der Waals surface area (Å²) in [5.41, 5.74) is 1.95. The molecule has 6 nitrogen and oxygen atoms in total. The van der Waals surface area contributed by atoms with Crippen molar-refractivity contribution >= 4 is 17.6 Å². The van der Waals surface area contributed by atoms with E-state index in [2.05, 4.69) is 9.84 Å². The Morgan fingerprint density at radius 1 is 1.11 bits per heavy atom. The van der Waals surface area contributed by atoms with Gasteiger partial charge in [-0.25, -0.2) is 18.3 Å². The minimum absolute atomic E-state index is 0.230. The fraction of sp³-hybridized carbons (Fsp3) is 0.105. The normalized spacial score (nSPS) is 13.0. The molecule has 1 aromatic heterocycles. The molecule has 136 valence electrons. The quantitative estimate of drug-likeness (QED) is 0.666. The molecule has 0 aliphatic carbocycles. The maximum atomic E-state index is 13.8. The Morgan fingerprint density at radius 3 is 2.63 bits per heavy atom. The van der Waals surface area contributed by atoms with Gasteiger partial charge in [0.2, 0.25) is 0 Å². The number of nitrogens with zero attached hydrogens (tertiary/aromatic N) is 3. The van der Waals surface area contributed by atoms with E-state index in [-0.39, 0.29) is 23.7 Å². The predicted octanol–water partition coefficient (Wildman–Crippen LogP) is 3.10. The van der Waals surface area contributed by atoms with Gasteiger partial charge in [0, 0.05) is 11.6 Å². The second-order valence-electron chi connectivity index (χ2n) is 5.99. The molecular weight excluding hydrogens is 356 g/mol. The minimum Gasteiger partial charge on any atom is -0.465 e. The molecule has 4 rings (SSSR count). The van der Waals surface area contributed by atoms with Crippen molar-refractivity contribution < 1.29 is 23.1 Å². The molecule has 2 aromatic carbocycles. The average molecular weight is 369 g/mol. The molecule has 8 heteroatoms. The van der Waals surface area contributed by atoms with Crippen LogP contribution in [0.25, 0.3) is 5.69 Å². The molecule has 27 heavy (non-hydrogen) atoms. The summed E-state index contributed by atoms with van der Waals surface area (Å²) >= 11 is 0. The van der Waals surface area contributed by atoms with Gasteiger partial charge in [0.1, 0.15) is 5.82 Å². The van der Waals surface area contributed by atoms with Crippen LogP contribution in [0, 0.1) is 11.6 Å². The van der Waals surface area contributed by atoms with E-state index in [4.69, 9.17) is 0 Å². The van der Waals surface area contributed by atoms with Gasteiger partial charge in [-0.2, -0.15) is 5.10 Å². The first-order chi connectivity index (χ1) is 13.0. The summed E-state index contributed by atoms with van der Waals surface area (Å²) in [5.74, 6) is -2.01. The fourth-order valence-corrected chi connectivity index (χ4v) is 3.08. The van der Waals surface area contributed by atoms with Gasteiger partial charge in [-0.3, -0.25) is 4.79 Å². The van der Waals surface area contributed by atoms with Crippen LogP contribution in [0.5, 0.6) is 0 Å². The van der Waals surface area contributed by atoms with Crippen LogP contribution in [-0.4, -0.2) is 28.8 Å². The highest BCUT2D eigenvalue weighted by atomic mass is 19.1. The van der Waals surface area contributed by atoms with E-state index in [0.29, 0.717) is 11.3 Å². The number of fused-ring (bicyclic) bond motifs is 1. The molecular formula is C19H13F2N3O3. The number of carbonyl (C=O) groups excluding carboxylic acids is 2. The van der Waals surface area contributed by atoms with Crippen molar-refractivity contribution in [3.63, 3.8) is 0 Å². The van der Waals surface area contributed by atoms with Gasteiger partial charge in [-0.05, 0) is 29.8 Å². The second-order valence-corrected chi connectivity index (χ2v) is 5.99. The number of rotatable bonds is 3. The number of anilines is 1.